The standard InChI is InChI=1S/C48H89NO5/c1-3-5-7-9-11-13-15-17-19-20-21-22-23-24-25-26-28-29-31-33-35-37-39-41-45(51)47(53)44(43-50)49-48(54)46(52)42-40-38-36-34-32-30-27-18-16-14-12-10-8-6-4-2/h22-23,26-28,30,33,35,44-47,50-53H,3-21,24-25,29,31-32,34,36-43H2,1-2H3,(H,49,54)/b23-22+,28-26+,30-27-,35-33+. The Morgan fingerprint density at radius 3 is 1.17 bits per heavy atom. The van der Waals surface area contributed by atoms with Crippen molar-refractivity contribution in [1.82, 2.24) is 5.32 Å². The van der Waals surface area contributed by atoms with Crippen LogP contribution in [0.1, 0.15) is 219 Å². The third-order valence-electron chi connectivity index (χ3n) is 10.5. The molecule has 6 nitrogen and oxygen atoms in total. The Labute approximate surface area is 334 Å². The van der Waals surface area contributed by atoms with Crippen LogP contribution in [0.15, 0.2) is 48.6 Å². The van der Waals surface area contributed by atoms with Gasteiger partial charge in [0.15, 0.2) is 0 Å². The molecule has 0 saturated carbocycles. The third kappa shape index (κ3) is 35.9. The van der Waals surface area contributed by atoms with E-state index in [2.05, 4.69) is 67.8 Å². The highest BCUT2D eigenvalue weighted by atomic mass is 16.3. The molecule has 0 spiro atoms. The van der Waals surface area contributed by atoms with E-state index in [4.69, 9.17) is 0 Å². The molecule has 0 fully saturated rings. The van der Waals surface area contributed by atoms with Gasteiger partial charge >= 0.3 is 0 Å². The molecule has 0 heterocycles. The predicted octanol–water partition coefficient (Wildman–Crippen LogP) is 12.3. The summed E-state index contributed by atoms with van der Waals surface area (Å²) >= 11 is 0. The van der Waals surface area contributed by atoms with Crippen molar-refractivity contribution >= 4 is 5.91 Å². The summed E-state index contributed by atoms with van der Waals surface area (Å²) in [4.78, 5) is 12.5. The number of rotatable bonds is 41. The molecule has 54 heavy (non-hydrogen) atoms. The predicted molar refractivity (Wildman–Crippen MR) is 233 cm³/mol. The minimum Gasteiger partial charge on any atom is -0.394 e. The zero-order valence-electron chi connectivity index (χ0n) is 35.5. The summed E-state index contributed by atoms with van der Waals surface area (Å²) in [5.74, 6) is -0.610. The quantitative estimate of drug-likeness (QED) is 0.0315. The van der Waals surface area contributed by atoms with Gasteiger partial charge in [0, 0.05) is 0 Å². The molecule has 316 valence electrons. The lowest BCUT2D eigenvalue weighted by Gasteiger charge is -2.27. The minimum atomic E-state index is -1.30. The second kappa shape index (κ2) is 42.4. The minimum absolute atomic E-state index is 0.343. The second-order valence-electron chi connectivity index (χ2n) is 15.7. The Morgan fingerprint density at radius 2 is 0.778 bits per heavy atom. The number of aliphatic hydroxyl groups is 4. The zero-order valence-corrected chi connectivity index (χ0v) is 35.5. The lowest BCUT2D eigenvalue weighted by molar-refractivity contribution is -0.132. The van der Waals surface area contributed by atoms with Crippen molar-refractivity contribution in [3.63, 3.8) is 0 Å². The van der Waals surface area contributed by atoms with Gasteiger partial charge in [0.25, 0.3) is 0 Å². The summed E-state index contributed by atoms with van der Waals surface area (Å²) in [6, 6.07) is -1.02. The van der Waals surface area contributed by atoms with Gasteiger partial charge in [0.1, 0.15) is 12.2 Å². The molecule has 0 aliphatic carbocycles. The molecule has 0 aliphatic rings. The molecule has 4 unspecified atom stereocenters. The van der Waals surface area contributed by atoms with Crippen LogP contribution in [-0.4, -0.2) is 57.3 Å². The van der Waals surface area contributed by atoms with Crippen LogP contribution < -0.4 is 5.32 Å². The van der Waals surface area contributed by atoms with Crippen LogP contribution in [0.25, 0.3) is 0 Å². The van der Waals surface area contributed by atoms with Gasteiger partial charge in [-0.25, -0.2) is 0 Å². The van der Waals surface area contributed by atoms with Gasteiger partial charge < -0.3 is 25.7 Å². The van der Waals surface area contributed by atoms with Crippen LogP contribution in [-0.2, 0) is 4.79 Å². The SMILES string of the molecule is CCCCCCCCC/C=C\CCCCCCC(O)C(=O)NC(CO)C(O)C(O)CCC/C=C/CC/C=C/CC/C=C/CCCCCCCCCCCC. The molecule has 0 aromatic rings. The van der Waals surface area contributed by atoms with Crippen molar-refractivity contribution in [1.29, 1.82) is 0 Å². The lowest BCUT2D eigenvalue weighted by atomic mass is 10.00. The van der Waals surface area contributed by atoms with Crippen LogP contribution in [0, 0.1) is 0 Å². The number of hydrogen-bond acceptors (Lipinski definition) is 5. The highest BCUT2D eigenvalue weighted by molar-refractivity contribution is 5.80. The molecule has 5 N–H and O–H groups in total. The number of amides is 1. The molecule has 4 atom stereocenters. The molecule has 0 rings (SSSR count). The Hall–Kier alpha value is -1.73. The average molecular weight is 760 g/mol. The van der Waals surface area contributed by atoms with Crippen molar-refractivity contribution in [2.75, 3.05) is 6.61 Å². The van der Waals surface area contributed by atoms with E-state index in [0.717, 1.165) is 64.2 Å². The molecular formula is C48H89NO5. The number of nitrogens with one attached hydrogen (secondary N) is 1. The molecule has 1 amide bonds. The molecular weight excluding hydrogens is 671 g/mol. The van der Waals surface area contributed by atoms with Crippen LogP contribution >= 0.6 is 0 Å². The smallest absolute Gasteiger partial charge is 0.249 e. The first-order valence-corrected chi connectivity index (χ1v) is 23.0. The Morgan fingerprint density at radius 1 is 0.444 bits per heavy atom. The first-order valence-electron chi connectivity index (χ1n) is 23.0. The lowest BCUT2D eigenvalue weighted by Crippen LogP contribution is -2.53. The maximum Gasteiger partial charge on any atom is 0.249 e. The normalized spacial score (nSPS) is 14.6. The van der Waals surface area contributed by atoms with E-state index in [1.807, 2.05) is 0 Å². The first kappa shape index (κ1) is 52.3. The molecule has 0 bridgehead atoms. The van der Waals surface area contributed by atoms with E-state index >= 15 is 0 Å². The van der Waals surface area contributed by atoms with E-state index < -0.39 is 36.9 Å². The molecule has 6 heteroatoms. The number of hydrogen-bond donors (Lipinski definition) is 5. The van der Waals surface area contributed by atoms with E-state index in [1.165, 1.54) is 122 Å². The average Bonchev–Trinajstić information content (AvgIpc) is 3.18. The largest absolute Gasteiger partial charge is 0.394 e. The molecule has 0 aromatic carbocycles. The fraction of sp³-hybridized carbons (Fsp3) is 0.812. The van der Waals surface area contributed by atoms with Gasteiger partial charge in [-0.05, 0) is 89.9 Å². The van der Waals surface area contributed by atoms with E-state index in [9.17, 15) is 25.2 Å². The van der Waals surface area contributed by atoms with Gasteiger partial charge in [-0.3, -0.25) is 4.79 Å². The summed E-state index contributed by atoms with van der Waals surface area (Å²) in [7, 11) is 0. The summed E-state index contributed by atoms with van der Waals surface area (Å²) in [6.07, 6.45) is 51.5. The number of unbranched alkanes of at least 4 members (excludes halogenated alkanes) is 24. The Balaban J connectivity index is 3.83. The van der Waals surface area contributed by atoms with Crippen molar-refractivity contribution in [2.45, 2.75) is 244 Å². The number of carbonyl (C=O) groups excluding carboxylic acids is 1. The van der Waals surface area contributed by atoms with E-state index in [-0.39, 0.29) is 0 Å². The van der Waals surface area contributed by atoms with Crippen LogP contribution in [0.2, 0.25) is 0 Å². The zero-order chi connectivity index (χ0) is 39.6. The monoisotopic (exact) mass is 760 g/mol. The molecule has 0 saturated heterocycles. The summed E-state index contributed by atoms with van der Waals surface area (Å²) in [5, 5.41) is 43.6. The van der Waals surface area contributed by atoms with Crippen molar-refractivity contribution < 1.29 is 25.2 Å². The van der Waals surface area contributed by atoms with Crippen molar-refractivity contribution in [3.05, 3.63) is 48.6 Å². The summed E-state index contributed by atoms with van der Waals surface area (Å²) in [6.45, 7) is 4.02. The maximum atomic E-state index is 12.5. The third-order valence-corrected chi connectivity index (χ3v) is 10.5. The van der Waals surface area contributed by atoms with Crippen molar-refractivity contribution in [2.24, 2.45) is 0 Å². The van der Waals surface area contributed by atoms with Gasteiger partial charge in [0.05, 0.1) is 18.8 Å². The van der Waals surface area contributed by atoms with Gasteiger partial charge in [-0.1, -0.05) is 178 Å². The number of carbonyl (C=O) groups is 1. The van der Waals surface area contributed by atoms with Crippen molar-refractivity contribution in [3.8, 4) is 0 Å². The molecule has 0 radical (unpaired) electrons. The number of allylic oxidation sites excluding steroid dienone is 8. The van der Waals surface area contributed by atoms with E-state index in [0.29, 0.717) is 19.3 Å². The van der Waals surface area contributed by atoms with Crippen LogP contribution in [0.5, 0.6) is 0 Å². The molecule has 0 aliphatic heterocycles. The first-order chi connectivity index (χ1) is 26.5. The topological polar surface area (TPSA) is 110 Å². The van der Waals surface area contributed by atoms with E-state index in [1.54, 1.807) is 0 Å². The number of aliphatic hydroxyl groups excluding tert-OH is 4. The highest BCUT2D eigenvalue weighted by Crippen LogP contribution is 2.14. The summed E-state index contributed by atoms with van der Waals surface area (Å²) < 4.78 is 0. The van der Waals surface area contributed by atoms with Crippen LogP contribution in [0.3, 0.4) is 0 Å². The Kier molecular flexibility index (Phi) is 41.1. The van der Waals surface area contributed by atoms with Crippen LogP contribution in [0.4, 0.5) is 0 Å². The molecule has 0 aromatic heterocycles. The van der Waals surface area contributed by atoms with Gasteiger partial charge in [-0.2, -0.15) is 0 Å². The summed E-state index contributed by atoms with van der Waals surface area (Å²) in [5.41, 5.74) is 0. The highest BCUT2D eigenvalue weighted by Gasteiger charge is 2.28. The Bertz CT molecular complexity index is 900. The fourth-order valence-electron chi connectivity index (χ4n) is 6.78. The van der Waals surface area contributed by atoms with Gasteiger partial charge in [-0.15, -0.1) is 0 Å². The fourth-order valence-corrected chi connectivity index (χ4v) is 6.78. The van der Waals surface area contributed by atoms with Gasteiger partial charge in [0.2, 0.25) is 5.91 Å². The second-order valence-corrected chi connectivity index (χ2v) is 15.7. The maximum absolute atomic E-state index is 12.5.